The van der Waals surface area contributed by atoms with Crippen LogP contribution in [0.1, 0.15) is 16.2 Å². The molecule has 0 aliphatic heterocycles. The molecule has 3 rings (SSSR count). The lowest BCUT2D eigenvalue weighted by Crippen LogP contribution is -2.32. The molecule has 8 heteroatoms. The van der Waals surface area contributed by atoms with Crippen molar-refractivity contribution in [2.45, 2.75) is 6.92 Å². The highest BCUT2D eigenvalue weighted by Gasteiger charge is 2.14. The fourth-order valence-electron chi connectivity index (χ4n) is 2.00. The highest BCUT2D eigenvalue weighted by atomic mass is 32.1. The number of nitrogens with zero attached hydrogens (tertiary/aromatic N) is 2. The molecule has 0 saturated carbocycles. The van der Waals surface area contributed by atoms with E-state index < -0.39 is 5.91 Å². The lowest BCUT2D eigenvalue weighted by atomic mass is 10.3. The third-order valence-electron chi connectivity index (χ3n) is 3.09. The van der Waals surface area contributed by atoms with Crippen LogP contribution in [0, 0.1) is 6.92 Å². The van der Waals surface area contributed by atoms with Gasteiger partial charge < -0.3 is 15.1 Å². The number of aromatic nitrogens is 2. The van der Waals surface area contributed by atoms with E-state index in [0.717, 1.165) is 16.3 Å². The minimum atomic E-state index is -0.445. The molecule has 0 aliphatic carbocycles. The van der Waals surface area contributed by atoms with Crippen LogP contribution in [0.2, 0.25) is 0 Å². The third kappa shape index (κ3) is 3.66. The average molecular weight is 342 g/mol. The predicted molar refractivity (Wildman–Crippen MR) is 89.8 cm³/mol. The van der Waals surface area contributed by atoms with Gasteiger partial charge in [-0.2, -0.15) is 0 Å². The largest absolute Gasteiger partial charge is 0.459 e. The Morgan fingerprint density at radius 3 is 2.83 bits per heavy atom. The third-order valence-corrected chi connectivity index (χ3v) is 4.19. The van der Waals surface area contributed by atoms with Gasteiger partial charge in [-0.05, 0) is 31.2 Å². The number of nitrogens with one attached hydrogen (secondary N) is 2. The topological polar surface area (TPSA) is 97.1 Å². The molecular weight excluding hydrogens is 328 g/mol. The number of anilines is 1. The Morgan fingerprint density at radius 2 is 2.12 bits per heavy atom. The predicted octanol–water partition coefficient (Wildman–Crippen LogP) is 2.48. The van der Waals surface area contributed by atoms with E-state index in [1.54, 1.807) is 12.3 Å². The molecule has 0 unspecified atom stereocenters. The van der Waals surface area contributed by atoms with Gasteiger partial charge in [0.2, 0.25) is 5.91 Å². The highest BCUT2D eigenvalue weighted by molar-refractivity contribution is 7.19. The van der Waals surface area contributed by atoms with Gasteiger partial charge in [0.1, 0.15) is 0 Å². The number of hydrogen-bond donors (Lipinski definition) is 2. The zero-order valence-electron chi connectivity index (χ0n) is 12.8. The summed E-state index contributed by atoms with van der Waals surface area (Å²) in [5.74, 6) is -0.652. The molecule has 2 N–H and O–H groups in total. The van der Waals surface area contributed by atoms with Crippen LogP contribution in [0.4, 0.5) is 5.13 Å². The van der Waals surface area contributed by atoms with Gasteiger partial charge in [0.25, 0.3) is 5.91 Å². The minimum absolute atomic E-state index is 0.158. The van der Waals surface area contributed by atoms with Gasteiger partial charge in [0.15, 0.2) is 10.9 Å². The maximum atomic E-state index is 11.9. The SMILES string of the molecule is Cc1nc(NC(=O)CNC(=O)c2ccco2)sc1-c1ccccn1. The Kier molecular flexibility index (Phi) is 4.66. The Balaban J connectivity index is 1.60. The first-order valence-corrected chi connectivity index (χ1v) is 7.95. The molecule has 2 amide bonds. The van der Waals surface area contributed by atoms with Crippen LogP contribution in [0.15, 0.2) is 47.2 Å². The Labute approximate surface area is 141 Å². The number of aryl methyl sites for hydroxylation is 1. The van der Waals surface area contributed by atoms with Gasteiger partial charge >= 0.3 is 0 Å². The van der Waals surface area contributed by atoms with Gasteiger partial charge in [0.05, 0.1) is 29.1 Å². The number of pyridine rings is 1. The first-order chi connectivity index (χ1) is 11.6. The summed E-state index contributed by atoms with van der Waals surface area (Å²) in [4.78, 5) is 33.1. The Hall–Kier alpha value is -3.00. The van der Waals surface area contributed by atoms with Crippen molar-refractivity contribution >= 4 is 28.3 Å². The maximum Gasteiger partial charge on any atom is 0.287 e. The van der Waals surface area contributed by atoms with E-state index in [9.17, 15) is 9.59 Å². The van der Waals surface area contributed by atoms with Crippen molar-refractivity contribution in [3.05, 3.63) is 54.2 Å². The van der Waals surface area contributed by atoms with Crippen LogP contribution in [-0.2, 0) is 4.79 Å². The molecule has 0 fully saturated rings. The Bertz CT molecular complexity index is 844. The number of amides is 2. The van der Waals surface area contributed by atoms with E-state index in [1.165, 1.54) is 23.7 Å². The monoisotopic (exact) mass is 342 g/mol. The molecule has 24 heavy (non-hydrogen) atoms. The lowest BCUT2D eigenvalue weighted by molar-refractivity contribution is -0.115. The number of thiazole rings is 1. The molecule has 122 valence electrons. The van der Waals surface area contributed by atoms with Crippen molar-refractivity contribution in [2.24, 2.45) is 0 Å². The smallest absolute Gasteiger partial charge is 0.287 e. The van der Waals surface area contributed by atoms with Gasteiger partial charge in [-0.25, -0.2) is 4.98 Å². The molecule has 0 spiro atoms. The fourth-order valence-corrected chi connectivity index (χ4v) is 2.96. The molecule has 7 nitrogen and oxygen atoms in total. The maximum absolute atomic E-state index is 11.9. The van der Waals surface area contributed by atoms with Crippen LogP contribution in [-0.4, -0.2) is 28.3 Å². The summed E-state index contributed by atoms with van der Waals surface area (Å²) in [7, 11) is 0. The summed E-state index contributed by atoms with van der Waals surface area (Å²) in [6.07, 6.45) is 3.10. The molecule has 0 aliphatic rings. The van der Waals surface area contributed by atoms with Crippen LogP contribution >= 0.6 is 11.3 Å². The summed E-state index contributed by atoms with van der Waals surface area (Å²) < 4.78 is 4.95. The van der Waals surface area contributed by atoms with E-state index in [0.29, 0.717) is 5.13 Å². The fraction of sp³-hybridized carbons (Fsp3) is 0.125. The Morgan fingerprint density at radius 1 is 1.25 bits per heavy atom. The number of rotatable bonds is 5. The number of hydrogen-bond acceptors (Lipinski definition) is 6. The van der Waals surface area contributed by atoms with Crippen molar-refractivity contribution in [1.82, 2.24) is 15.3 Å². The summed E-state index contributed by atoms with van der Waals surface area (Å²) >= 11 is 1.34. The molecule has 3 heterocycles. The zero-order chi connectivity index (χ0) is 16.9. The van der Waals surface area contributed by atoms with E-state index in [-0.39, 0.29) is 18.2 Å². The second-order valence-electron chi connectivity index (χ2n) is 4.86. The lowest BCUT2D eigenvalue weighted by Gasteiger charge is -2.03. The summed E-state index contributed by atoms with van der Waals surface area (Å²) in [5.41, 5.74) is 1.59. The molecule has 0 saturated heterocycles. The van der Waals surface area contributed by atoms with Crippen LogP contribution in [0.5, 0.6) is 0 Å². The molecule has 0 atom stereocenters. The van der Waals surface area contributed by atoms with Crippen molar-refractivity contribution in [3.63, 3.8) is 0 Å². The average Bonchev–Trinajstić information content (AvgIpc) is 3.23. The molecule has 0 bridgehead atoms. The summed E-state index contributed by atoms with van der Waals surface area (Å²) in [5, 5.41) is 5.61. The van der Waals surface area contributed by atoms with Crippen molar-refractivity contribution in [3.8, 4) is 10.6 Å². The van der Waals surface area contributed by atoms with Crippen molar-refractivity contribution in [2.75, 3.05) is 11.9 Å². The quantitative estimate of drug-likeness (QED) is 0.742. The van der Waals surface area contributed by atoms with E-state index >= 15 is 0 Å². The minimum Gasteiger partial charge on any atom is -0.459 e. The zero-order valence-corrected chi connectivity index (χ0v) is 13.6. The first kappa shape index (κ1) is 15.9. The molecule has 3 aromatic rings. The van der Waals surface area contributed by atoms with Crippen LogP contribution in [0.25, 0.3) is 10.6 Å². The van der Waals surface area contributed by atoms with Gasteiger partial charge in [-0.1, -0.05) is 17.4 Å². The molecule has 0 aromatic carbocycles. The highest BCUT2D eigenvalue weighted by Crippen LogP contribution is 2.31. The van der Waals surface area contributed by atoms with Gasteiger partial charge in [0, 0.05) is 6.20 Å². The number of carbonyl (C=O) groups is 2. The van der Waals surface area contributed by atoms with E-state index in [1.807, 2.05) is 25.1 Å². The van der Waals surface area contributed by atoms with Gasteiger partial charge in [-0.15, -0.1) is 0 Å². The van der Waals surface area contributed by atoms with E-state index in [2.05, 4.69) is 20.6 Å². The van der Waals surface area contributed by atoms with E-state index in [4.69, 9.17) is 4.42 Å². The summed E-state index contributed by atoms with van der Waals surface area (Å²) in [6.45, 7) is 1.69. The molecular formula is C16H14N4O3S. The first-order valence-electron chi connectivity index (χ1n) is 7.14. The van der Waals surface area contributed by atoms with Crippen LogP contribution in [0.3, 0.4) is 0 Å². The number of furan rings is 1. The summed E-state index contributed by atoms with van der Waals surface area (Å²) in [6, 6.07) is 8.74. The van der Waals surface area contributed by atoms with Crippen LogP contribution < -0.4 is 10.6 Å². The molecule has 3 aromatic heterocycles. The molecule has 0 radical (unpaired) electrons. The second-order valence-corrected chi connectivity index (χ2v) is 5.86. The second kappa shape index (κ2) is 7.05. The van der Waals surface area contributed by atoms with Crippen molar-refractivity contribution < 1.29 is 14.0 Å². The van der Waals surface area contributed by atoms with Gasteiger partial charge in [-0.3, -0.25) is 14.6 Å². The standard InChI is InChI=1S/C16H14N4O3S/c1-10-14(11-5-2-3-7-17-11)24-16(19-10)20-13(21)9-18-15(22)12-6-4-8-23-12/h2-8H,9H2,1H3,(H,18,22)(H,19,20,21). The van der Waals surface area contributed by atoms with Crippen molar-refractivity contribution in [1.29, 1.82) is 0 Å². The number of carbonyl (C=O) groups excluding carboxylic acids is 2. The normalized spacial score (nSPS) is 10.4.